The molecule has 0 saturated carbocycles. The van der Waals surface area contributed by atoms with Crippen LogP contribution >= 0.6 is 0 Å². The molecule has 11 nitrogen and oxygen atoms in total. The molecule has 0 unspecified atom stereocenters. The van der Waals surface area contributed by atoms with Crippen LogP contribution in [0.5, 0.6) is 11.5 Å². The number of likely N-dealkylation sites (tertiary alicyclic amines) is 1. The van der Waals surface area contributed by atoms with Crippen LogP contribution in [0.1, 0.15) is 5.56 Å². The number of hydrogen-bond acceptors (Lipinski definition) is 7. The van der Waals surface area contributed by atoms with Crippen molar-refractivity contribution in [1.29, 1.82) is 0 Å². The van der Waals surface area contributed by atoms with Crippen molar-refractivity contribution < 1.29 is 33.7 Å². The molecule has 33 heavy (non-hydrogen) atoms. The molecule has 11 heteroatoms. The topological polar surface area (TPSA) is 122 Å². The van der Waals surface area contributed by atoms with Gasteiger partial charge >= 0.3 is 12.2 Å². The lowest BCUT2D eigenvalue weighted by Crippen LogP contribution is -2.48. The molecule has 3 aliphatic heterocycles. The first-order chi connectivity index (χ1) is 15.9. The quantitative estimate of drug-likeness (QED) is 0.744. The minimum atomic E-state index is -1.04. The summed E-state index contributed by atoms with van der Waals surface area (Å²) in [6, 6.07) is 10.7. The van der Waals surface area contributed by atoms with Gasteiger partial charge in [-0.2, -0.15) is 0 Å². The van der Waals surface area contributed by atoms with E-state index in [1.165, 1.54) is 14.7 Å². The van der Waals surface area contributed by atoms with E-state index in [0.29, 0.717) is 23.1 Å². The first-order valence-corrected chi connectivity index (χ1v) is 10.5. The summed E-state index contributed by atoms with van der Waals surface area (Å²) in [5.41, 5.74) is 0.879. The number of rotatable bonds is 4. The number of carbonyl (C=O) groups excluding carboxylic acids is 2. The molecule has 172 valence electrons. The summed E-state index contributed by atoms with van der Waals surface area (Å²) in [4.78, 5) is 45.3. The molecule has 3 aliphatic rings. The number of aromatic nitrogens is 1. The number of nitrogens with zero attached hydrogens (tertiary/aromatic N) is 4. The number of ether oxygens (including phenoxy) is 3. The normalized spacial score (nSPS) is 21.8. The second-order valence-corrected chi connectivity index (χ2v) is 8.09. The van der Waals surface area contributed by atoms with Crippen LogP contribution in [0.15, 0.2) is 36.4 Å². The number of hydrogen-bond donors (Lipinski definition) is 1. The van der Waals surface area contributed by atoms with Crippen LogP contribution in [0.2, 0.25) is 0 Å². The van der Waals surface area contributed by atoms with E-state index in [-0.39, 0.29) is 44.6 Å². The lowest BCUT2D eigenvalue weighted by Gasteiger charge is -2.34. The molecule has 0 radical (unpaired) electrons. The van der Waals surface area contributed by atoms with Gasteiger partial charge in [0.05, 0.1) is 20.2 Å². The molecule has 4 heterocycles. The number of benzene rings is 1. The number of carbonyl (C=O) groups is 3. The highest BCUT2D eigenvalue weighted by molar-refractivity contribution is 5.97. The van der Waals surface area contributed by atoms with Gasteiger partial charge in [-0.15, -0.1) is 0 Å². The van der Waals surface area contributed by atoms with E-state index < -0.39 is 18.3 Å². The minimum absolute atomic E-state index is 0.106. The van der Waals surface area contributed by atoms with Gasteiger partial charge in [0.1, 0.15) is 17.7 Å². The van der Waals surface area contributed by atoms with E-state index in [4.69, 9.17) is 14.2 Å². The van der Waals surface area contributed by atoms with Crippen molar-refractivity contribution in [2.45, 2.75) is 12.6 Å². The average molecular weight is 454 g/mol. The van der Waals surface area contributed by atoms with Crippen LogP contribution in [0.4, 0.5) is 21.2 Å². The Morgan fingerprint density at radius 3 is 2.67 bits per heavy atom. The van der Waals surface area contributed by atoms with Crippen LogP contribution in [-0.2, 0) is 16.1 Å². The van der Waals surface area contributed by atoms with Gasteiger partial charge < -0.3 is 24.2 Å². The highest BCUT2D eigenvalue weighted by Gasteiger charge is 2.44. The monoisotopic (exact) mass is 454 g/mol. The molecular weight excluding hydrogens is 432 g/mol. The maximum absolute atomic E-state index is 12.7. The van der Waals surface area contributed by atoms with Crippen molar-refractivity contribution in [1.82, 2.24) is 9.88 Å². The Morgan fingerprint density at radius 2 is 1.94 bits per heavy atom. The van der Waals surface area contributed by atoms with Crippen molar-refractivity contribution in [2.75, 3.05) is 43.2 Å². The van der Waals surface area contributed by atoms with E-state index in [1.54, 1.807) is 19.2 Å². The molecule has 2 aromatic rings. The number of anilines is 2. The Morgan fingerprint density at radius 1 is 1.15 bits per heavy atom. The van der Waals surface area contributed by atoms with Crippen LogP contribution in [-0.4, -0.2) is 72.5 Å². The minimum Gasteiger partial charge on any atom is -0.497 e. The molecule has 1 N–H and O–H groups in total. The average Bonchev–Trinajstić information content (AvgIpc) is 3.24. The zero-order valence-corrected chi connectivity index (χ0v) is 17.8. The predicted molar refractivity (Wildman–Crippen MR) is 115 cm³/mol. The van der Waals surface area contributed by atoms with Gasteiger partial charge in [-0.3, -0.25) is 14.6 Å². The van der Waals surface area contributed by atoms with Crippen molar-refractivity contribution in [3.05, 3.63) is 42.0 Å². The number of pyridine rings is 1. The summed E-state index contributed by atoms with van der Waals surface area (Å²) >= 11 is 0. The summed E-state index contributed by atoms with van der Waals surface area (Å²) < 4.78 is 16.2. The third-order valence-electron chi connectivity index (χ3n) is 6.05. The summed E-state index contributed by atoms with van der Waals surface area (Å²) in [6.45, 7) is 0.879. The fraction of sp³-hybridized carbons (Fsp3) is 0.364. The van der Waals surface area contributed by atoms with E-state index in [9.17, 15) is 19.5 Å². The fourth-order valence-corrected chi connectivity index (χ4v) is 4.29. The van der Waals surface area contributed by atoms with Crippen LogP contribution in [0.3, 0.4) is 0 Å². The molecule has 2 saturated heterocycles. The Labute approximate surface area is 189 Å². The van der Waals surface area contributed by atoms with E-state index in [2.05, 4.69) is 4.98 Å². The fourth-order valence-electron chi connectivity index (χ4n) is 4.29. The smallest absolute Gasteiger partial charge is 0.415 e. The largest absolute Gasteiger partial charge is 0.497 e. The van der Waals surface area contributed by atoms with E-state index >= 15 is 0 Å². The van der Waals surface area contributed by atoms with Gasteiger partial charge in [0.25, 0.3) is 5.91 Å². The molecule has 0 aliphatic carbocycles. The number of fused-ring (bicyclic) bond motifs is 2. The molecule has 1 aromatic carbocycles. The number of carboxylic acid groups (broad SMARTS) is 1. The number of amides is 3. The summed E-state index contributed by atoms with van der Waals surface area (Å²) in [6.07, 6.45) is -2.11. The van der Waals surface area contributed by atoms with Crippen LogP contribution < -0.4 is 19.3 Å². The van der Waals surface area contributed by atoms with Crippen molar-refractivity contribution in [3.63, 3.8) is 0 Å². The first-order valence-electron chi connectivity index (χ1n) is 10.5. The van der Waals surface area contributed by atoms with Crippen LogP contribution in [0, 0.1) is 5.92 Å². The van der Waals surface area contributed by atoms with Crippen LogP contribution in [0.25, 0.3) is 0 Å². The maximum Gasteiger partial charge on any atom is 0.415 e. The molecular formula is C22H22N4O7. The molecule has 0 bridgehead atoms. The highest BCUT2D eigenvalue weighted by atomic mass is 16.6. The number of methoxy groups -OCH3 is 1. The maximum atomic E-state index is 12.7. The summed E-state index contributed by atoms with van der Waals surface area (Å²) in [7, 11) is 1.58. The standard InChI is InChI=1S/C22H22N4O7/c1-31-15-4-2-13(3-5-15)8-26-19(27)12-32-16-6-7-18(23-20(16)26)25-10-14-9-24(21(28)29)11-17(14)33-22(25)30/h2-7,14,17H,8-12H2,1H3,(H,28,29)/t14-,17-/m0/s1. The van der Waals surface area contributed by atoms with Gasteiger partial charge in [-0.25, -0.2) is 14.6 Å². The highest BCUT2D eigenvalue weighted by Crippen LogP contribution is 2.35. The van der Waals surface area contributed by atoms with Crippen molar-refractivity contribution in [2.24, 2.45) is 5.92 Å². The second-order valence-electron chi connectivity index (χ2n) is 8.09. The van der Waals surface area contributed by atoms with Crippen molar-refractivity contribution >= 4 is 29.7 Å². The molecule has 0 spiro atoms. The van der Waals surface area contributed by atoms with Gasteiger partial charge in [0, 0.05) is 19.0 Å². The third-order valence-corrected chi connectivity index (χ3v) is 6.05. The van der Waals surface area contributed by atoms with E-state index in [1.807, 2.05) is 24.3 Å². The summed E-state index contributed by atoms with van der Waals surface area (Å²) in [5, 5.41) is 9.25. The van der Waals surface area contributed by atoms with Gasteiger partial charge in [0.2, 0.25) is 0 Å². The van der Waals surface area contributed by atoms with Gasteiger partial charge in [-0.05, 0) is 29.8 Å². The molecule has 2 atom stereocenters. The second kappa shape index (κ2) is 8.15. The molecule has 1 aromatic heterocycles. The van der Waals surface area contributed by atoms with Crippen molar-refractivity contribution in [3.8, 4) is 11.5 Å². The molecule has 5 rings (SSSR count). The zero-order chi connectivity index (χ0) is 23.1. The lowest BCUT2D eigenvalue weighted by atomic mass is 10.0. The lowest BCUT2D eigenvalue weighted by molar-refractivity contribution is -0.121. The predicted octanol–water partition coefficient (Wildman–Crippen LogP) is 1.95. The molecule has 2 fully saturated rings. The Hall–Kier alpha value is -4.02. The third kappa shape index (κ3) is 3.86. The zero-order valence-electron chi connectivity index (χ0n) is 17.8. The Bertz CT molecular complexity index is 1110. The van der Waals surface area contributed by atoms with E-state index in [0.717, 1.165) is 5.56 Å². The Kier molecular flexibility index (Phi) is 5.15. The Balaban J connectivity index is 1.40. The SMILES string of the molecule is COc1ccc(CN2C(=O)COc3ccc(N4C[C@@H]5CN(C(=O)O)C[C@@H]5OC4=O)nc32)cc1. The molecule has 3 amide bonds. The summed E-state index contributed by atoms with van der Waals surface area (Å²) in [5.74, 6) is 1.36. The van der Waals surface area contributed by atoms with Gasteiger partial charge in [-0.1, -0.05) is 12.1 Å². The first kappa shape index (κ1) is 20.9. The van der Waals surface area contributed by atoms with Gasteiger partial charge in [0.15, 0.2) is 18.2 Å².